The molecule has 0 radical (unpaired) electrons. The van der Waals surface area contributed by atoms with E-state index in [4.69, 9.17) is 10.2 Å². The van der Waals surface area contributed by atoms with E-state index < -0.39 is 17.4 Å². The second-order valence-corrected chi connectivity index (χ2v) is 2.13. The highest BCUT2D eigenvalue weighted by molar-refractivity contribution is 6.16. The number of amides is 1. The summed E-state index contributed by atoms with van der Waals surface area (Å²) in [5.41, 5.74) is -0.545. The summed E-state index contributed by atoms with van der Waals surface area (Å²) in [6, 6.07) is 0. The van der Waals surface area contributed by atoms with Gasteiger partial charge in [-0.05, 0) is 0 Å². The summed E-state index contributed by atoms with van der Waals surface area (Å²) in [7, 11) is 0. The number of nitrogens with one attached hydrogen (secondary N) is 1. The van der Waals surface area contributed by atoms with Gasteiger partial charge in [0.15, 0.2) is 5.57 Å². The normalized spacial score (nSPS) is 18.0. The van der Waals surface area contributed by atoms with E-state index >= 15 is 0 Å². The lowest BCUT2D eigenvalue weighted by molar-refractivity contribution is -0.135. The molecule has 0 saturated heterocycles. The highest BCUT2D eigenvalue weighted by atomic mass is 16.4. The number of carbonyl (C=O) groups excluding carboxylic acids is 1. The zero-order valence-corrected chi connectivity index (χ0v) is 5.63. The van der Waals surface area contributed by atoms with Crippen molar-refractivity contribution in [3.63, 3.8) is 0 Å². The molecule has 0 fully saturated rings. The van der Waals surface area contributed by atoms with Gasteiger partial charge in [0.05, 0.1) is 0 Å². The Labute approximate surface area is 62.3 Å². The minimum atomic E-state index is -1.39. The van der Waals surface area contributed by atoms with Crippen LogP contribution in [0.25, 0.3) is 0 Å². The second kappa shape index (κ2) is 2.61. The van der Waals surface area contributed by atoms with Crippen molar-refractivity contribution in [1.29, 1.82) is 0 Å². The number of carbonyl (C=O) groups is 2. The van der Waals surface area contributed by atoms with E-state index in [1.54, 1.807) is 0 Å². The first-order valence-corrected chi connectivity index (χ1v) is 3.06. The molecule has 1 amide bonds. The van der Waals surface area contributed by atoms with Gasteiger partial charge in [0.2, 0.25) is 0 Å². The first-order valence-electron chi connectivity index (χ1n) is 3.06. The molecule has 0 bridgehead atoms. The van der Waals surface area contributed by atoms with Gasteiger partial charge >= 0.3 is 5.97 Å². The van der Waals surface area contributed by atoms with Gasteiger partial charge in [0, 0.05) is 13.0 Å². The Morgan fingerprint density at radius 2 is 2.18 bits per heavy atom. The largest absolute Gasteiger partial charge is 0.511 e. The molecule has 1 heterocycles. The van der Waals surface area contributed by atoms with Crippen molar-refractivity contribution >= 4 is 11.9 Å². The number of aliphatic hydroxyl groups excluding tert-OH is 1. The van der Waals surface area contributed by atoms with Crippen molar-refractivity contribution in [3.8, 4) is 0 Å². The van der Waals surface area contributed by atoms with Crippen molar-refractivity contribution < 1.29 is 19.8 Å². The van der Waals surface area contributed by atoms with Crippen LogP contribution in [0.1, 0.15) is 6.42 Å². The molecule has 1 aliphatic heterocycles. The van der Waals surface area contributed by atoms with Crippen LogP contribution in [-0.2, 0) is 9.59 Å². The van der Waals surface area contributed by atoms with E-state index in [0.717, 1.165) is 0 Å². The molecule has 0 unspecified atom stereocenters. The second-order valence-electron chi connectivity index (χ2n) is 2.13. The molecule has 0 spiro atoms. The first-order chi connectivity index (χ1) is 5.13. The Morgan fingerprint density at radius 1 is 1.55 bits per heavy atom. The molecule has 3 N–H and O–H groups in total. The highest BCUT2D eigenvalue weighted by Gasteiger charge is 2.25. The first kappa shape index (κ1) is 7.59. The van der Waals surface area contributed by atoms with Crippen molar-refractivity contribution in [2.24, 2.45) is 0 Å². The van der Waals surface area contributed by atoms with Gasteiger partial charge < -0.3 is 15.5 Å². The van der Waals surface area contributed by atoms with Gasteiger partial charge in [-0.2, -0.15) is 0 Å². The number of carboxylic acids is 1. The number of carboxylic acid groups (broad SMARTS) is 1. The van der Waals surface area contributed by atoms with Crippen LogP contribution in [0.2, 0.25) is 0 Å². The van der Waals surface area contributed by atoms with Crippen LogP contribution < -0.4 is 5.32 Å². The third kappa shape index (κ3) is 1.31. The van der Waals surface area contributed by atoms with E-state index in [9.17, 15) is 9.59 Å². The Hall–Kier alpha value is -1.52. The van der Waals surface area contributed by atoms with Gasteiger partial charge in [-0.15, -0.1) is 0 Å². The molecule has 5 nitrogen and oxygen atoms in total. The van der Waals surface area contributed by atoms with Crippen molar-refractivity contribution in [2.75, 3.05) is 6.54 Å². The predicted molar refractivity (Wildman–Crippen MR) is 34.9 cm³/mol. The van der Waals surface area contributed by atoms with E-state index in [2.05, 4.69) is 5.32 Å². The Balaban J connectivity index is 3.01. The molecule has 1 rings (SSSR count). The molecule has 0 saturated carbocycles. The van der Waals surface area contributed by atoms with Crippen molar-refractivity contribution in [2.45, 2.75) is 6.42 Å². The lowest BCUT2D eigenvalue weighted by atomic mass is 10.1. The van der Waals surface area contributed by atoms with E-state index in [1.165, 1.54) is 0 Å². The zero-order valence-electron chi connectivity index (χ0n) is 5.63. The Bertz CT molecular complexity index is 243. The maximum absolute atomic E-state index is 10.7. The zero-order chi connectivity index (χ0) is 8.43. The number of rotatable bonds is 1. The van der Waals surface area contributed by atoms with Crippen molar-refractivity contribution in [1.82, 2.24) is 5.32 Å². The molecule has 5 heteroatoms. The van der Waals surface area contributed by atoms with Crippen LogP contribution in [-0.4, -0.2) is 28.6 Å². The molecular formula is C6H7NO4. The van der Waals surface area contributed by atoms with E-state index in [1.807, 2.05) is 0 Å². The molecule has 0 aromatic heterocycles. The van der Waals surface area contributed by atoms with Crippen LogP contribution in [0.5, 0.6) is 0 Å². The molecule has 0 aromatic rings. The molecular weight excluding hydrogens is 150 g/mol. The fraction of sp³-hybridized carbons (Fsp3) is 0.333. The minimum Gasteiger partial charge on any atom is -0.511 e. The number of aliphatic carboxylic acids is 1. The smallest absolute Gasteiger partial charge is 0.344 e. The highest BCUT2D eigenvalue weighted by Crippen LogP contribution is 2.09. The monoisotopic (exact) mass is 157 g/mol. The summed E-state index contributed by atoms with van der Waals surface area (Å²) in [5.74, 6) is -2.46. The fourth-order valence-corrected chi connectivity index (χ4v) is 0.859. The summed E-state index contributed by atoms with van der Waals surface area (Å²) in [5, 5.41) is 19.7. The van der Waals surface area contributed by atoms with Gasteiger partial charge in [0.1, 0.15) is 5.76 Å². The Morgan fingerprint density at radius 3 is 2.55 bits per heavy atom. The summed E-state index contributed by atoms with van der Waals surface area (Å²) in [6.45, 7) is 0.293. The molecule has 0 aliphatic carbocycles. The topological polar surface area (TPSA) is 86.6 Å². The van der Waals surface area contributed by atoms with Crippen LogP contribution in [0, 0.1) is 0 Å². The number of hydrogen-bond donors (Lipinski definition) is 3. The van der Waals surface area contributed by atoms with E-state index in [0.29, 0.717) is 6.54 Å². The maximum atomic E-state index is 10.7. The van der Waals surface area contributed by atoms with Crippen LogP contribution in [0.4, 0.5) is 0 Å². The Kier molecular flexibility index (Phi) is 1.80. The van der Waals surface area contributed by atoms with Crippen LogP contribution in [0.15, 0.2) is 11.3 Å². The molecule has 0 aromatic carbocycles. The van der Waals surface area contributed by atoms with Crippen LogP contribution in [0.3, 0.4) is 0 Å². The van der Waals surface area contributed by atoms with Gasteiger partial charge in [0.25, 0.3) is 5.91 Å². The average molecular weight is 157 g/mol. The summed E-state index contributed by atoms with van der Waals surface area (Å²) in [6.07, 6.45) is 0.188. The lowest BCUT2D eigenvalue weighted by Crippen LogP contribution is -2.34. The SMILES string of the molecule is O=C(O)C1=C(O)CCNC1=O. The predicted octanol–water partition coefficient (Wildman–Crippen LogP) is -0.597. The third-order valence-corrected chi connectivity index (χ3v) is 1.38. The molecule has 1 aliphatic rings. The van der Waals surface area contributed by atoms with E-state index in [-0.39, 0.29) is 12.2 Å². The van der Waals surface area contributed by atoms with Crippen molar-refractivity contribution in [3.05, 3.63) is 11.3 Å². The summed E-state index contributed by atoms with van der Waals surface area (Å²) >= 11 is 0. The van der Waals surface area contributed by atoms with Crippen LogP contribution >= 0.6 is 0 Å². The lowest BCUT2D eigenvalue weighted by Gasteiger charge is -2.12. The third-order valence-electron chi connectivity index (χ3n) is 1.38. The molecule has 11 heavy (non-hydrogen) atoms. The van der Waals surface area contributed by atoms with Gasteiger partial charge in [-0.1, -0.05) is 0 Å². The molecule has 60 valence electrons. The fourth-order valence-electron chi connectivity index (χ4n) is 0.859. The number of hydrogen-bond acceptors (Lipinski definition) is 3. The maximum Gasteiger partial charge on any atom is 0.344 e. The average Bonchev–Trinajstić information content (AvgIpc) is 1.85. The minimum absolute atomic E-state index is 0.188. The van der Waals surface area contributed by atoms with Gasteiger partial charge in [-0.25, -0.2) is 4.79 Å². The number of aliphatic hydroxyl groups is 1. The quantitative estimate of drug-likeness (QED) is 0.444. The summed E-state index contributed by atoms with van der Waals surface area (Å²) in [4.78, 5) is 21.0. The standard InChI is InChI=1S/C6H7NO4/c8-3-1-2-7-5(9)4(3)6(10)11/h8H,1-2H2,(H,7,9)(H,10,11). The molecule has 0 atom stereocenters. The van der Waals surface area contributed by atoms with Gasteiger partial charge in [-0.3, -0.25) is 4.79 Å². The summed E-state index contributed by atoms with van der Waals surface area (Å²) < 4.78 is 0.